The van der Waals surface area contributed by atoms with Crippen LogP contribution < -0.4 is 5.32 Å². The number of ketones is 1. The largest absolute Gasteiger partial charge is 0.335 e. The molecule has 0 heterocycles. The summed E-state index contributed by atoms with van der Waals surface area (Å²) in [6.45, 7) is 5.92. The zero-order chi connectivity index (χ0) is 20.3. The summed E-state index contributed by atoms with van der Waals surface area (Å²) in [6, 6.07) is 16.5. The van der Waals surface area contributed by atoms with Gasteiger partial charge in [0.15, 0.2) is 5.78 Å². The first-order chi connectivity index (χ1) is 13.3. The van der Waals surface area contributed by atoms with Gasteiger partial charge in [-0.15, -0.1) is 0 Å². The van der Waals surface area contributed by atoms with E-state index in [4.69, 9.17) is 0 Å². The summed E-state index contributed by atoms with van der Waals surface area (Å²) in [6.07, 6.45) is 1.11. The van der Waals surface area contributed by atoms with E-state index in [2.05, 4.69) is 5.32 Å². The lowest BCUT2D eigenvalue weighted by atomic mass is 10.0. The van der Waals surface area contributed by atoms with Gasteiger partial charge in [-0.3, -0.25) is 14.4 Å². The van der Waals surface area contributed by atoms with Crippen molar-refractivity contribution < 1.29 is 14.4 Å². The van der Waals surface area contributed by atoms with Gasteiger partial charge in [-0.1, -0.05) is 30.3 Å². The van der Waals surface area contributed by atoms with E-state index in [1.807, 2.05) is 44.2 Å². The Morgan fingerprint density at radius 1 is 1.00 bits per heavy atom. The number of carbonyl (C=O) groups is 3. The molecule has 2 aromatic carbocycles. The van der Waals surface area contributed by atoms with Crippen molar-refractivity contribution in [2.45, 2.75) is 46.2 Å². The molecule has 0 bridgehead atoms. The van der Waals surface area contributed by atoms with E-state index in [0.29, 0.717) is 30.6 Å². The first-order valence-corrected chi connectivity index (χ1v) is 9.61. The Morgan fingerprint density at radius 3 is 2.11 bits per heavy atom. The van der Waals surface area contributed by atoms with Gasteiger partial charge in [-0.05, 0) is 63.4 Å². The van der Waals surface area contributed by atoms with E-state index in [1.54, 1.807) is 29.2 Å². The van der Waals surface area contributed by atoms with Crippen LogP contribution in [0, 0.1) is 5.41 Å². The van der Waals surface area contributed by atoms with Gasteiger partial charge in [0.05, 0.1) is 0 Å². The van der Waals surface area contributed by atoms with Crippen LogP contribution in [-0.2, 0) is 16.1 Å². The van der Waals surface area contributed by atoms with Crippen molar-refractivity contribution in [1.29, 1.82) is 0 Å². The van der Waals surface area contributed by atoms with E-state index >= 15 is 0 Å². The van der Waals surface area contributed by atoms with E-state index in [9.17, 15) is 14.4 Å². The van der Waals surface area contributed by atoms with Gasteiger partial charge >= 0.3 is 0 Å². The fourth-order valence-electron chi connectivity index (χ4n) is 3.25. The summed E-state index contributed by atoms with van der Waals surface area (Å²) in [7, 11) is 0. The minimum Gasteiger partial charge on any atom is -0.335 e. The third kappa shape index (κ3) is 4.14. The molecule has 146 valence electrons. The van der Waals surface area contributed by atoms with E-state index in [0.717, 1.165) is 5.56 Å². The number of amides is 2. The second-order valence-corrected chi connectivity index (χ2v) is 7.68. The number of carbonyl (C=O) groups excluding carboxylic acids is 3. The van der Waals surface area contributed by atoms with Crippen LogP contribution in [0.1, 0.15) is 49.5 Å². The molecule has 1 fully saturated rings. The summed E-state index contributed by atoms with van der Waals surface area (Å²) in [5, 5.41) is 2.85. The number of anilines is 1. The van der Waals surface area contributed by atoms with E-state index < -0.39 is 5.41 Å². The molecule has 0 aromatic heterocycles. The third-order valence-electron chi connectivity index (χ3n) is 5.22. The fraction of sp³-hybridized carbons (Fsp3) is 0.348. The lowest BCUT2D eigenvalue weighted by molar-refractivity contribution is -0.144. The van der Waals surface area contributed by atoms with Crippen LogP contribution in [0.3, 0.4) is 0 Å². The van der Waals surface area contributed by atoms with Crippen molar-refractivity contribution in [1.82, 2.24) is 4.90 Å². The molecule has 3 rings (SSSR count). The summed E-state index contributed by atoms with van der Waals surface area (Å²) in [4.78, 5) is 39.3. The van der Waals surface area contributed by atoms with Crippen molar-refractivity contribution in [2.75, 3.05) is 5.32 Å². The number of nitrogens with one attached hydrogen (secondary N) is 1. The summed E-state index contributed by atoms with van der Waals surface area (Å²) in [5.41, 5.74) is 1.23. The Kier molecular flexibility index (Phi) is 5.63. The van der Waals surface area contributed by atoms with Crippen LogP contribution in [0.2, 0.25) is 0 Å². The van der Waals surface area contributed by atoms with Crippen molar-refractivity contribution in [3.63, 3.8) is 0 Å². The molecule has 2 aromatic rings. The highest BCUT2D eigenvalue weighted by atomic mass is 16.2. The number of Topliss-reactive ketones (excluding diaryl/α,β-unsaturated/α-hetero) is 1. The van der Waals surface area contributed by atoms with E-state index in [1.165, 1.54) is 6.92 Å². The topological polar surface area (TPSA) is 66.5 Å². The fourth-order valence-corrected chi connectivity index (χ4v) is 3.25. The van der Waals surface area contributed by atoms with Crippen LogP contribution in [0.5, 0.6) is 0 Å². The van der Waals surface area contributed by atoms with Gasteiger partial charge in [0.2, 0.25) is 11.8 Å². The molecule has 28 heavy (non-hydrogen) atoms. The minimum absolute atomic E-state index is 0.00664. The lowest BCUT2D eigenvalue weighted by Crippen LogP contribution is -2.45. The molecule has 1 aliphatic carbocycles. The highest BCUT2D eigenvalue weighted by Gasteiger charge is 2.58. The summed E-state index contributed by atoms with van der Waals surface area (Å²) in [5.74, 6) is -0.420. The Balaban J connectivity index is 1.73. The molecule has 1 aliphatic rings. The van der Waals surface area contributed by atoms with Gasteiger partial charge in [0.25, 0.3) is 0 Å². The van der Waals surface area contributed by atoms with Crippen LogP contribution >= 0.6 is 0 Å². The molecule has 5 nitrogen and oxygen atoms in total. The first kappa shape index (κ1) is 19.8. The molecular weight excluding hydrogens is 352 g/mol. The van der Waals surface area contributed by atoms with E-state index in [-0.39, 0.29) is 23.6 Å². The second-order valence-electron chi connectivity index (χ2n) is 7.68. The number of nitrogens with zero attached hydrogens (tertiary/aromatic N) is 1. The van der Waals surface area contributed by atoms with Crippen molar-refractivity contribution in [3.8, 4) is 0 Å². The molecule has 1 saturated carbocycles. The van der Waals surface area contributed by atoms with Gasteiger partial charge in [-0.25, -0.2) is 0 Å². The molecule has 0 saturated heterocycles. The standard InChI is InChI=1S/C23H26N2O3/c1-16(2)25(15-18-7-5-4-6-8-18)22(28)23(13-14-23)21(27)24-20-11-9-19(10-12-20)17(3)26/h4-12,16H,13-15H2,1-3H3,(H,24,27). The highest BCUT2D eigenvalue weighted by Crippen LogP contribution is 2.48. The maximum Gasteiger partial charge on any atom is 0.240 e. The normalized spacial score (nSPS) is 14.4. The monoisotopic (exact) mass is 378 g/mol. The maximum atomic E-state index is 13.3. The number of rotatable bonds is 7. The smallest absolute Gasteiger partial charge is 0.240 e. The van der Waals surface area contributed by atoms with Gasteiger partial charge in [0.1, 0.15) is 5.41 Å². The molecule has 0 aliphatic heterocycles. The third-order valence-corrected chi connectivity index (χ3v) is 5.22. The summed E-state index contributed by atoms with van der Waals surface area (Å²) < 4.78 is 0. The lowest BCUT2D eigenvalue weighted by Gasteiger charge is -2.30. The number of benzene rings is 2. The molecule has 1 N–H and O–H groups in total. The quantitative estimate of drug-likeness (QED) is 0.584. The van der Waals surface area contributed by atoms with Crippen molar-refractivity contribution in [2.24, 2.45) is 5.41 Å². The maximum absolute atomic E-state index is 13.3. The predicted molar refractivity (Wildman–Crippen MR) is 109 cm³/mol. The van der Waals surface area contributed by atoms with Crippen LogP contribution in [0.15, 0.2) is 54.6 Å². The highest BCUT2D eigenvalue weighted by molar-refractivity contribution is 6.13. The Bertz CT molecular complexity index is 868. The molecule has 0 unspecified atom stereocenters. The summed E-state index contributed by atoms with van der Waals surface area (Å²) >= 11 is 0. The molecule has 0 spiro atoms. The van der Waals surface area contributed by atoms with Gasteiger partial charge in [-0.2, -0.15) is 0 Å². The Morgan fingerprint density at radius 2 is 1.61 bits per heavy atom. The minimum atomic E-state index is -0.988. The van der Waals surface area contributed by atoms with Crippen LogP contribution in [0.25, 0.3) is 0 Å². The van der Waals surface area contributed by atoms with Gasteiger partial charge < -0.3 is 10.2 Å². The molecule has 0 atom stereocenters. The molecular formula is C23H26N2O3. The number of hydrogen-bond donors (Lipinski definition) is 1. The second kappa shape index (κ2) is 7.97. The first-order valence-electron chi connectivity index (χ1n) is 9.61. The number of hydrogen-bond acceptors (Lipinski definition) is 3. The average Bonchev–Trinajstić information content (AvgIpc) is 3.49. The Labute approximate surface area is 165 Å². The zero-order valence-corrected chi connectivity index (χ0v) is 16.6. The van der Waals surface area contributed by atoms with Crippen molar-refractivity contribution in [3.05, 3.63) is 65.7 Å². The van der Waals surface area contributed by atoms with Gasteiger partial charge in [0, 0.05) is 23.8 Å². The van der Waals surface area contributed by atoms with Crippen LogP contribution in [0.4, 0.5) is 5.69 Å². The van der Waals surface area contributed by atoms with Crippen molar-refractivity contribution >= 4 is 23.3 Å². The predicted octanol–water partition coefficient (Wildman–Crippen LogP) is 4.05. The zero-order valence-electron chi connectivity index (χ0n) is 16.6. The molecule has 2 amide bonds. The SMILES string of the molecule is CC(=O)c1ccc(NC(=O)C2(C(=O)N(Cc3ccccc3)C(C)C)CC2)cc1. The Hall–Kier alpha value is -2.95. The molecule has 0 radical (unpaired) electrons. The molecule has 5 heteroatoms. The average molecular weight is 378 g/mol. The van der Waals surface area contributed by atoms with Crippen LogP contribution in [-0.4, -0.2) is 28.5 Å².